The fourth-order valence-corrected chi connectivity index (χ4v) is 4.22. The molecule has 0 saturated carbocycles. The largest absolute Gasteiger partial charge is 0.350 e. The van der Waals surface area contributed by atoms with Gasteiger partial charge in [0.05, 0.1) is 12.2 Å². The van der Waals surface area contributed by atoms with Gasteiger partial charge in [-0.05, 0) is 83.2 Å². The summed E-state index contributed by atoms with van der Waals surface area (Å²) in [5.41, 5.74) is 2.27. The predicted octanol–water partition coefficient (Wildman–Crippen LogP) is 3.43. The van der Waals surface area contributed by atoms with Crippen LogP contribution in [0.1, 0.15) is 63.6 Å². The van der Waals surface area contributed by atoms with Crippen LogP contribution in [0.5, 0.6) is 0 Å². The fourth-order valence-electron chi connectivity index (χ4n) is 4.22. The van der Waals surface area contributed by atoms with Crippen molar-refractivity contribution in [1.29, 1.82) is 0 Å². The Morgan fingerprint density at radius 3 is 2.39 bits per heavy atom. The lowest BCUT2D eigenvalue weighted by atomic mass is 9.96. The molecule has 0 spiro atoms. The second kappa shape index (κ2) is 11.0. The van der Waals surface area contributed by atoms with E-state index in [0.29, 0.717) is 30.6 Å². The maximum absolute atomic E-state index is 12.9. The fraction of sp³-hybridized carbons (Fsp3) is 0.577. The Balaban J connectivity index is 1.52. The summed E-state index contributed by atoms with van der Waals surface area (Å²) in [6.45, 7) is 13.1. The molecule has 1 fully saturated rings. The topological polar surface area (TPSA) is 79.3 Å². The minimum absolute atomic E-state index is 0.0699. The van der Waals surface area contributed by atoms with Gasteiger partial charge in [0.15, 0.2) is 5.69 Å². The number of para-hydroxylation sites is 1. The summed E-state index contributed by atoms with van der Waals surface area (Å²) in [5.74, 6) is 0.833. The van der Waals surface area contributed by atoms with E-state index in [2.05, 4.69) is 34.5 Å². The molecule has 2 aromatic rings. The van der Waals surface area contributed by atoms with Crippen molar-refractivity contribution in [3.8, 4) is 5.69 Å². The molecule has 1 aromatic carbocycles. The Morgan fingerprint density at radius 1 is 1.12 bits per heavy atom. The molecule has 33 heavy (non-hydrogen) atoms. The molecule has 1 aliphatic rings. The van der Waals surface area contributed by atoms with E-state index in [1.807, 2.05) is 61.9 Å². The number of hydrogen-bond donors (Lipinski definition) is 2. The molecular formula is C26H39N5O2. The SMILES string of the molecule is CC(C)Cc1cc(C(=O)NCC2CCN(CC(=O)NC(C)(C)C)CC2)nn1-c1ccccc1. The van der Waals surface area contributed by atoms with Gasteiger partial charge in [-0.1, -0.05) is 32.0 Å². The van der Waals surface area contributed by atoms with Crippen molar-refractivity contribution in [2.45, 2.75) is 59.4 Å². The third kappa shape index (κ3) is 7.70. The Morgan fingerprint density at radius 2 is 1.79 bits per heavy atom. The van der Waals surface area contributed by atoms with Gasteiger partial charge in [-0.25, -0.2) is 4.68 Å². The summed E-state index contributed by atoms with van der Waals surface area (Å²) in [6.07, 6.45) is 2.80. The summed E-state index contributed by atoms with van der Waals surface area (Å²) in [4.78, 5) is 27.2. The zero-order valence-corrected chi connectivity index (χ0v) is 20.7. The molecule has 180 valence electrons. The van der Waals surface area contributed by atoms with Crippen molar-refractivity contribution in [2.24, 2.45) is 11.8 Å². The molecule has 7 nitrogen and oxygen atoms in total. The number of aromatic nitrogens is 2. The number of carbonyl (C=O) groups is 2. The van der Waals surface area contributed by atoms with Crippen LogP contribution >= 0.6 is 0 Å². The molecule has 0 radical (unpaired) electrons. The van der Waals surface area contributed by atoms with E-state index in [0.717, 1.165) is 43.7 Å². The first-order chi connectivity index (χ1) is 15.6. The minimum Gasteiger partial charge on any atom is -0.350 e. The molecule has 1 aromatic heterocycles. The summed E-state index contributed by atoms with van der Waals surface area (Å²) in [6, 6.07) is 11.9. The predicted molar refractivity (Wildman–Crippen MR) is 131 cm³/mol. The molecule has 1 aliphatic heterocycles. The van der Waals surface area contributed by atoms with Gasteiger partial charge < -0.3 is 10.6 Å². The monoisotopic (exact) mass is 453 g/mol. The average molecular weight is 454 g/mol. The highest BCUT2D eigenvalue weighted by molar-refractivity contribution is 5.92. The first kappa shape index (κ1) is 25.0. The number of carbonyl (C=O) groups excluding carboxylic acids is 2. The van der Waals surface area contributed by atoms with E-state index in [4.69, 9.17) is 0 Å². The quantitative estimate of drug-likeness (QED) is 0.642. The number of likely N-dealkylation sites (tertiary alicyclic amines) is 1. The Kier molecular flexibility index (Phi) is 8.30. The summed E-state index contributed by atoms with van der Waals surface area (Å²) in [7, 11) is 0. The van der Waals surface area contributed by atoms with Crippen LogP contribution in [0, 0.1) is 11.8 Å². The smallest absolute Gasteiger partial charge is 0.271 e. The number of nitrogens with one attached hydrogen (secondary N) is 2. The number of rotatable bonds is 8. The second-order valence-corrected chi connectivity index (χ2v) is 10.6. The molecule has 0 unspecified atom stereocenters. The van der Waals surface area contributed by atoms with Crippen LogP contribution in [0.2, 0.25) is 0 Å². The average Bonchev–Trinajstić information content (AvgIpc) is 3.15. The molecule has 2 amide bonds. The van der Waals surface area contributed by atoms with E-state index in [1.54, 1.807) is 0 Å². The van der Waals surface area contributed by atoms with E-state index in [9.17, 15) is 9.59 Å². The Hall–Kier alpha value is -2.67. The molecule has 0 atom stereocenters. The molecule has 2 heterocycles. The van der Waals surface area contributed by atoms with Crippen molar-refractivity contribution in [3.63, 3.8) is 0 Å². The lowest BCUT2D eigenvalue weighted by Crippen LogP contribution is -2.48. The lowest BCUT2D eigenvalue weighted by Gasteiger charge is -2.32. The summed E-state index contributed by atoms with van der Waals surface area (Å²) >= 11 is 0. The highest BCUT2D eigenvalue weighted by atomic mass is 16.2. The summed E-state index contributed by atoms with van der Waals surface area (Å²) in [5, 5.41) is 10.7. The van der Waals surface area contributed by atoms with Crippen LogP contribution in [0.4, 0.5) is 0 Å². The van der Waals surface area contributed by atoms with Crippen molar-refractivity contribution in [2.75, 3.05) is 26.2 Å². The molecule has 0 aliphatic carbocycles. The number of amides is 2. The molecular weight excluding hydrogens is 414 g/mol. The number of piperidine rings is 1. The summed E-state index contributed by atoms with van der Waals surface area (Å²) < 4.78 is 1.88. The zero-order valence-electron chi connectivity index (χ0n) is 20.7. The van der Waals surface area contributed by atoms with Gasteiger partial charge in [-0.2, -0.15) is 5.10 Å². The van der Waals surface area contributed by atoms with Gasteiger partial charge in [0.2, 0.25) is 5.91 Å². The van der Waals surface area contributed by atoms with Crippen LogP contribution in [0.3, 0.4) is 0 Å². The van der Waals surface area contributed by atoms with E-state index in [1.165, 1.54) is 0 Å². The van der Waals surface area contributed by atoms with Crippen LogP contribution in [-0.2, 0) is 11.2 Å². The Labute approximate surface area is 197 Å². The van der Waals surface area contributed by atoms with Crippen molar-refractivity contribution < 1.29 is 9.59 Å². The van der Waals surface area contributed by atoms with Crippen molar-refractivity contribution in [3.05, 3.63) is 47.8 Å². The number of hydrogen-bond acceptors (Lipinski definition) is 4. The standard InChI is InChI=1S/C26H39N5O2/c1-19(2)15-22-16-23(29-31(22)21-9-7-6-8-10-21)25(33)27-17-20-11-13-30(14-12-20)18-24(32)28-26(3,4)5/h6-10,16,19-20H,11-15,17-18H2,1-5H3,(H,27,33)(H,28,32). The maximum atomic E-state index is 12.9. The third-order valence-corrected chi connectivity index (χ3v) is 5.77. The van der Waals surface area contributed by atoms with Crippen molar-refractivity contribution in [1.82, 2.24) is 25.3 Å². The Bertz CT molecular complexity index is 922. The molecule has 3 rings (SSSR count). The first-order valence-corrected chi connectivity index (χ1v) is 12.1. The van der Waals surface area contributed by atoms with Gasteiger partial charge in [0, 0.05) is 17.8 Å². The third-order valence-electron chi connectivity index (χ3n) is 5.77. The van der Waals surface area contributed by atoms with Gasteiger partial charge >= 0.3 is 0 Å². The lowest BCUT2D eigenvalue weighted by molar-refractivity contribution is -0.124. The maximum Gasteiger partial charge on any atom is 0.271 e. The first-order valence-electron chi connectivity index (χ1n) is 12.1. The number of nitrogens with zero attached hydrogens (tertiary/aromatic N) is 3. The van der Waals surface area contributed by atoms with Crippen molar-refractivity contribution >= 4 is 11.8 Å². The van der Waals surface area contributed by atoms with Gasteiger partial charge in [0.25, 0.3) is 5.91 Å². The van der Waals surface area contributed by atoms with Crippen LogP contribution in [0.25, 0.3) is 5.69 Å². The molecule has 1 saturated heterocycles. The van der Waals surface area contributed by atoms with Gasteiger partial charge in [-0.15, -0.1) is 0 Å². The van der Waals surface area contributed by atoms with Gasteiger partial charge in [0.1, 0.15) is 0 Å². The highest BCUT2D eigenvalue weighted by Crippen LogP contribution is 2.18. The highest BCUT2D eigenvalue weighted by Gasteiger charge is 2.23. The second-order valence-electron chi connectivity index (χ2n) is 10.6. The minimum atomic E-state index is -0.206. The number of benzene rings is 1. The molecule has 0 bridgehead atoms. The van der Waals surface area contributed by atoms with Crippen LogP contribution in [0.15, 0.2) is 36.4 Å². The van der Waals surface area contributed by atoms with Crippen LogP contribution < -0.4 is 10.6 Å². The van der Waals surface area contributed by atoms with E-state index < -0.39 is 0 Å². The molecule has 7 heteroatoms. The van der Waals surface area contributed by atoms with E-state index in [-0.39, 0.29) is 17.4 Å². The van der Waals surface area contributed by atoms with Gasteiger partial charge in [-0.3, -0.25) is 14.5 Å². The van der Waals surface area contributed by atoms with Crippen LogP contribution in [-0.4, -0.2) is 58.2 Å². The molecule has 2 N–H and O–H groups in total. The van der Waals surface area contributed by atoms with E-state index >= 15 is 0 Å². The normalized spacial score (nSPS) is 15.6. The zero-order chi connectivity index (χ0) is 24.0.